The second-order valence-electron chi connectivity index (χ2n) is 5.90. The van der Waals surface area contributed by atoms with Crippen molar-refractivity contribution in [3.63, 3.8) is 0 Å². The van der Waals surface area contributed by atoms with Gasteiger partial charge in [0.1, 0.15) is 0 Å². The van der Waals surface area contributed by atoms with Crippen molar-refractivity contribution >= 4 is 5.91 Å². The van der Waals surface area contributed by atoms with Gasteiger partial charge in [0.2, 0.25) is 5.91 Å². The van der Waals surface area contributed by atoms with Crippen LogP contribution in [0.1, 0.15) is 46.5 Å². The van der Waals surface area contributed by atoms with Crippen LogP contribution in [0.5, 0.6) is 0 Å². The normalized spacial score (nSPS) is 49.4. The molecule has 0 aromatic carbocycles. The van der Waals surface area contributed by atoms with Crippen LogP contribution in [0.3, 0.4) is 0 Å². The quantitative estimate of drug-likeness (QED) is 0.787. The highest BCUT2D eigenvalue weighted by Gasteiger charge is 2.53. The fourth-order valence-corrected chi connectivity index (χ4v) is 3.65. The molecule has 5 atom stereocenters. The third-order valence-electron chi connectivity index (χ3n) is 4.79. The van der Waals surface area contributed by atoms with Gasteiger partial charge in [-0.1, -0.05) is 6.92 Å². The van der Waals surface area contributed by atoms with Crippen LogP contribution in [-0.4, -0.2) is 40.8 Å². The molecule has 3 aliphatic heterocycles. The summed E-state index contributed by atoms with van der Waals surface area (Å²) >= 11 is 0. The monoisotopic (exact) mass is 238 g/mol. The van der Waals surface area contributed by atoms with Crippen LogP contribution in [0.15, 0.2) is 0 Å². The molecule has 0 aromatic heterocycles. The Balaban J connectivity index is 1.82. The molecule has 2 bridgehead atoms. The summed E-state index contributed by atoms with van der Waals surface area (Å²) in [6, 6.07) is 0.303. The highest BCUT2D eigenvalue weighted by molar-refractivity contribution is 5.88. The van der Waals surface area contributed by atoms with Crippen LogP contribution in [-0.2, 0) is 9.53 Å². The molecule has 96 valence electrons. The predicted molar refractivity (Wildman–Crippen MR) is 64.4 cm³/mol. The van der Waals surface area contributed by atoms with Gasteiger partial charge in [-0.05, 0) is 39.5 Å². The molecule has 0 spiro atoms. The lowest BCUT2D eigenvalue weighted by Gasteiger charge is -2.32. The molecule has 0 aromatic rings. The minimum Gasteiger partial charge on any atom is -0.373 e. The molecule has 3 aliphatic rings. The van der Waals surface area contributed by atoms with E-state index in [4.69, 9.17) is 4.74 Å². The van der Waals surface area contributed by atoms with E-state index in [0.29, 0.717) is 12.1 Å². The number of carbonyl (C=O) groups excluding carboxylic acids is 1. The van der Waals surface area contributed by atoms with E-state index < -0.39 is 0 Å². The Morgan fingerprint density at radius 2 is 2.29 bits per heavy atom. The molecule has 0 aliphatic carbocycles. The molecule has 0 saturated carbocycles. The third-order valence-corrected chi connectivity index (χ3v) is 4.79. The fraction of sp³-hybridized carbons (Fsp3) is 0.923. The summed E-state index contributed by atoms with van der Waals surface area (Å²) in [5, 5.41) is 3.44. The second-order valence-corrected chi connectivity index (χ2v) is 5.90. The number of hydrogen-bond acceptors (Lipinski definition) is 3. The number of nitrogens with zero attached hydrogens (tertiary/aromatic N) is 1. The molecular formula is C13H22N2O2. The van der Waals surface area contributed by atoms with E-state index in [1.54, 1.807) is 0 Å². The predicted octanol–water partition coefficient (Wildman–Crippen LogP) is 1.25. The Kier molecular flexibility index (Phi) is 2.49. The van der Waals surface area contributed by atoms with E-state index in [2.05, 4.69) is 19.2 Å². The second kappa shape index (κ2) is 3.69. The minimum atomic E-state index is -0.374. The van der Waals surface area contributed by atoms with Crippen LogP contribution in [0.25, 0.3) is 0 Å². The van der Waals surface area contributed by atoms with Gasteiger partial charge in [-0.3, -0.25) is 10.1 Å². The lowest BCUT2D eigenvalue weighted by Crippen LogP contribution is -2.48. The Morgan fingerprint density at radius 3 is 2.76 bits per heavy atom. The lowest BCUT2D eigenvalue weighted by molar-refractivity contribution is -0.136. The van der Waals surface area contributed by atoms with E-state index in [1.165, 1.54) is 6.42 Å². The minimum absolute atomic E-state index is 0.139. The van der Waals surface area contributed by atoms with Gasteiger partial charge in [-0.25, -0.2) is 0 Å². The highest BCUT2D eigenvalue weighted by Crippen LogP contribution is 2.40. The van der Waals surface area contributed by atoms with Gasteiger partial charge in [0.15, 0.2) is 0 Å². The maximum absolute atomic E-state index is 12.5. The van der Waals surface area contributed by atoms with E-state index in [9.17, 15) is 4.79 Å². The van der Waals surface area contributed by atoms with Crippen LogP contribution in [0.2, 0.25) is 0 Å². The maximum Gasteiger partial charge on any atom is 0.244 e. The first kappa shape index (κ1) is 11.5. The van der Waals surface area contributed by atoms with Crippen molar-refractivity contribution in [2.24, 2.45) is 0 Å². The summed E-state index contributed by atoms with van der Waals surface area (Å²) < 4.78 is 5.87. The first-order valence-corrected chi connectivity index (χ1v) is 6.81. The zero-order valence-electron chi connectivity index (χ0n) is 10.9. The molecule has 1 amide bonds. The van der Waals surface area contributed by atoms with Crippen molar-refractivity contribution in [2.75, 3.05) is 0 Å². The number of nitrogens with one attached hydrogen (secondary N) is 1. The summed E-state index contributed by atoms with van der Waals surface area (Å²) in [6.07, 6.45) is 4.99. The smallest absolute Gasteiger partial charge is 0.244 e. The molecule has 3 fully saturated rings. The van der Waals surface area contributed by atoms with E-state index in [1.807, 2.05) is 11.8 Å². The highest BCUT2D eigenvalue weighted by atomic mass is 16.5. The molecule has 1 N–H and O–H groups in total. The number of hydrogen-bond donors (Lipinski definition) is 1. The summed E-state index contributed by atoms with van der Waals surface area (Å²) in [6.45, 7) is 6.17. The van der Waals surface area contributed by atoms with Gasteiger partial charge in [0.25, 0.3) is 0 Å². The van der Waals surface area contributed by atoms with Crippen molar-refractivity contribution in [3.8, 4) is 0 Å². The van der Waals surface area contributed by atoms with Crippen LogP contribution in [0, 0.1) is 0 Å². The molecule has 3 saturated heterocycles. The van der Waals surface area contributed by atoms with Crippen LogP contribution >= 0.6 is 0 Å². The molecule has 5 unspecified atom stereocenters. The number of amides is 1. The summed E-state index contributed by atoms with van der Waals surface area (Å²) in [7, 11) is 0. The van der Waals surface area contributed by atoms with Crippen molar-refractivity contribution in [2.45, 2.75) is 76.4 Å². The van der Waals surface area contributed by atoms with Gasteiger partial charge >= 0.3 is 0 Å². The average Bonchev–Trinajstić information content (AvgIpc) is 2.95. The van der Waals surface area contributed by atoms with Crippen molar-refractivity contribution in [1.29, 1.82) is 0 Å². The topological polar surface area (TPSA) is 41.6 Å². The standard InChI is InChI=1S/C13H22N2O2/c1-4-13(3)12(16)15(8(2)14-13)10-7-9-5-6-11(10)17-9/h8-11,14H,4-7H2,1-3H3. The SMILES string of the molecule is CCC1(C)NC(C)N(C2CC3CCC2O3)C1=O. The van der Waals surface area contributed by atoms with Crippen molar-refractivity contribution < 1.29 is 9.53 Å². The molecule has 0 radical (unpaired) electrons. The van der Waals surface area contributed by atoms with Gasteiger partial charge in [-0.15, -0.1) is 0 Å². The molecule has 4 heteroatoms. The summed E-state index contributed by atoms with van der Waals surface area (Å²) in [5.41, 5.74) is -0.374. The first-order valence-electron chi connectivity index (χ1n) is 6.81. The van der Waals surface area contributed by atoms with Crippen LogP contribution < -0.4 is 5.32 Å². The van der Waals surface area contributed by atoms with Gasteiger partial charge < -0.3 is 9.64 Å². The van der Waals surface area contributed by atoms with E-state index in [-0.39, 0.29) is 23.7 Å². The third kappa shape index (κ3) is 1.54. The molecule has 4 nitrogen and oxygen atoms in total. The van der Waals surface area contributed by atoms with Gasteiger partial charge in [0.05, 0.1) is 30.0 Å². The lowest BCUT2D eigenvalue weighted by atomic mass is 9.92. The van der Waals surface area contributed by atoms with Gasteiger partial charge in [-0.2, -0.15) is 0 Å². The van der Waals surface area contributed by atoms with E-state index >= 15 is 0 Å². The maximum atomic E-state index is 12.5. The zero-order chi connectivity index (χ0) is 12.2. The molecule has 3 heterocycles. The number of rotatable bonds is 2. The summed E-state index contributed by atoms with van der Waals surface area (Å²) in [4.78, 5) is 14.6. The number of ether oxygens (including phenoxy) is 1. The van der Waals surface area contributed by atoms with Crippen molar-refractivity contribution in [1.82, 2.24) is 10.2 Å². The Bertz CT molecular complexity index is 346. The summed E-state index contributed by atoms with van der Waals surface area (Å²) in [5.74, 6) is 0.258. The van der Waals surface area contributed by atoms with Crippen LogP contribution in [0.4, 0.5) is 0 Å². The Labute approximate surface area is 103 Å². The average molecular weight is 238 g/mol. The largest absolute Gasteiger partial charge is 0.373 e. The fourth-order valence-electron chi connectivity index (χ4n) is 3.65. The number of carbonyl (C=O) groups is 1. The van der Waals surface area contributed by atoms with Gasteiger partial charge in [0, 0.05) is 0 Å². The molecular weight excluding hydrogens is 216 g/mol. The molecule has 3 rings (SSSR count). The Hall–Kier alpha value is -0.610. The number of fused-ring (bicyclic) bond motifs is 2. The Morgan fingerprint density at radius 1 is 1.53 bits per heavy atom. The van der Waals surface area contributed by atoms with E-state index in [0.717, 1.165) is 19.3 Å². The molecule has 17 heavy (non-hydrogen) atoms. The van der Waals surface area contributed by atoms with Crippen molar-refractivity contribution in [3.05, 3.63) is 0 Å². The first-order chi connectivity index (χ1) is 8.05. The zero-order valence-corrected chi connectivity index (χ0v) is 10.9.